The predicted octanol–water partition coefficient (Wildman–Crippen LogP) is 4.03. The lowest BCUT2D eigenvalue weighted by atomic mass is 10.0. The van der Waals surface area contributed by atoms with Gasteiger partial charge in [-0.2, -0.15) is 0 Å². The number of carbonyl (C=O) groups excluding carboxylic acids is 2. The summed E-state index contributed by atoms with van der Waals surface area (Å²) in [5.74, 6) is 0.649. The van der Waals surface area contributed by atoms with Crippen molar-refractivity contribution in [3.63, 3.8) is 0 Å². The highest BCUT2D eigenvalue weighted by Crippen LogP contribution is 2.18. The van der Waals surface area contributed by atoms with Crippen LogP contribution >= 0.6 is 0 Å². The maximum atomic E-state index is 12.8. The van der Waals surface area contributed by atoms with Gasteiger partial charge in [0, 0.05) is 25.8 Å². The summed E-state index contributed by atoms with van der Waals surface area (Å²) in [6.45, 7) is 6.37. The van der Waals surface area contributed by atoms with Crippen molar-refractivity contribution < 1.29 is 14.3 Å². The van der Waals surface area contributed by atoms with Crippen molar-refractivity contribution in [2.24, 2.45) is 5.92 Å². The molecule has 1 aliphatic rings. The minimum Gasteiger partial charge on any atom is -0.445 e. The van der Waals surface area contributed by atoms with Gasteiger partial charge in [0.2, 0.25) is 5.91 Å². The summed E-state index contributed by atoms with van der Waals surface area (Å²) in [6, 6.07) is 12.7. The Kier molecular flexibility index (Phi) is 8.90. The Bertz CT molecular complexity index is 865. The fraction of sp³-hybridized carbons (Fsp3) is 0.480. The van der Waals surface area contributed by atoms with Crippen LogP contribution in [-0.2, 0) is 22.7 Å². The summed E-state index contributed by atoms with van der Waals surface area (Å²) in [5.41, 5.74) is 1.88. The van der Waals surface area contributed by atoms with Gasteiger partial charge >= 0.3 is 6.09 Å². The molecule has 1 atom stereocenters. The van der Waals surface area contributed by atoms with Crippen molar-refractivity contribution in [3.05, 3.63) is 59.8 Å². The van der Waals surface area contributed by atoms with Crippen molar-refractivity contribution >= 4 is 17.8 Å². The van der Waals surface area contributed by atoms with Crippen molar-refractivity contribution in [3.8, 4) is 0 Å². The van der Waals surface area contributed by atoms with Crippen molar-refractivity contribution in [1.82, 2.24) is 15.6 Å². The maximum Gasteiger partial charge on any atom is 0.408 e. The first kappa shape index (κ1) is 23.6. The molecule has 1 aromatic heterocycles. The molecule has 0 saturated carbocycles. The van der Waals surface area contributed by atoms with E-state index < -0.39 is 12.1 Å². The van der Waals surface area contributed by atoms with Crippen LogP contribution in [0.3, 0.4) is 0 Å². The Morgan fingerprint density at radius 1 is 1.03 bits per heavy atom. The fourth-order valence-corrected chi connectivity index (χ4v) is 3.77. The summed E-state index contributed by atoms with van der Waals surface area (Å²) in [7, 11) is 0. The molecule has 2 aromatic rings. The predicted molar refractivity (Wildman–Crippen MR) is 125 cm³/mol. The zero-order valence-electron chi connectivity index (χ0n) is 19.0. The molecule has 0 radical (unpaired) electrons. The molecule has 1 aliphatic heterocycles. The minimum absolute atomic E-state index is 0.0793. The number of hydrogen-bond acceptors (Lipinski definition) is 5. The second kappa shape index (κ2) is 12.1. The van der Waals surface area contributed by atoms with Gasteiger partial charge in [-0.3, -0.25) is 4.79 Å². The monoisotopic (exact) mass is 438 g/mol. The Hall–Kier alpha value is -3.09. The lowest BCUT2D eigenvalue weighted by Crippen LogP contribution is -2.49. The first-order chi connectivity index (χ1) is 15.5. The lowest BCUT2D eigenvalue weighted by Gasteiger charge is -2.23. The van der Waals surface area contributed by atoms with Crippen LogP contribution in [0.25, 0.3) is 0 Å². The number of rotatable bonds is 8. The van der Waals surface area contributed by atoms with E-state index in [1.165, 1.54) is 25.7 Å². The molecule has 0 aliphatic carbocycles. The molecule has 172 valence electrons. The van der Waals surface area contributed by atoms with Crippen molar-refractivity contribution in [2.75, 3.05) is 18.0 Å². The number of ether oxygens (including phenoxy) is 1. The summed E-state index contributed by atoms with van der Waals surface area (Å²) in [4.78, 5) is 31.9. The average molecular weight is 439 g/mol. The Morgan fingerprint density at radius 2 is 1.75 bits per heavy atom. The lowest BCUT2D eigenvalue weighted by molar-refractivity contribution is -0.124. The number of hydrogen-bond donors (Lipinski definition) is 2. The van der Waals surface area contributed by atoms with E-state index in [9.17, 15) is 9.59 Å². The van der Waals surface area contributed by atoms with E-state index in [0.717, 1.165) is 30.0 Å². The van der Waals surface area contributed by atoms with Gasteiger partial charge in [0.05, 0.1) is 0 Å². The van der Waals surface area contributed by atoms with E-state index in [0.29, 0.717) is 6.54 Å². The molecule has 7 nitrogen and oxygen atoms in total. The van der Waals surface area contributed by atoms with Gasteiger partial charge in [-0.05, 0) is 42.0 Å². The number of nitrogens with one attached hydrogen (secondary N) is 2. The van der Waals surface area contributed by atoms with Crippen molar-refractivity contribution in [2.45, 2.75) is 58.7 Å². The van der Waals surface area contributed by atoms with Crippen LogP contribution in [0.15, 0.2) is 48.7 Å². The summed E-state index contributed by atoms with van der Waals surface area (Å²) in [5, 5.41) is 5.65. The molecule has 2 amide bonds. The standard InChI is InChI=1S/C25H34N4O3/c1-19(2)23(28-25(31)32-18-20-10-6-5-7-11-20)24(30)27-17-21-12-13-26-22(16-21)29-14-8-3-4-9-15-29/h5-7,10-13,16,19,23H,3-4,8-9,14-15,17-18H2,1-2H3,(H,27,30)(H,28,31)/t23-/m0/s1. The van der Waals surface area contributed by atoms with E-state index >= 15 is 0 Å². The normalized spacial score (nSPS) is 15.0. The molecule has 0 unspecified atom stereocenters. The first-order valence-corrected chi connectivity index (χ1v) is 11.5. The maximum absolute atomic E-state index is 12.8. The highest BCUT2D eigenvalue weighted by Gasteiger charge is 2.24. The molecule has 0 bridgehead atoms. The minimum atomic E-state index is -0.676. The van der Waals surface area contributed by atoms with Crippen LogP contribution in [0.2, 0.25) is 0 Å². The zero-order valence-corrected chi connectivity index (χ0v) is 19.0. The molecule has 2 heterocycles. The number of amides is 2. The van der Waals surface area contributed by atoms with E-state index in [-0.39, 0.29) is 18.4 Å². The molecule has 32 heavy (non-hydrogen) atoms. The van der Waals surface area contributed by atoms with Gasteiger partial charge in [-0.25, -0.2) is 9.78 Å². The van der Waals surface area contributed by atoms with Gasteiger partial charge in [-0.1, -0.05) is 57.0 Å². The van der Waals surface area contributed by atoms with Crippen LogP contribution < -0.4 is 15.5 Å². The van der Waals surface area contributed by atoms with Crippen LogP contribution in [0, 0.1) is 5.92 Å². The molecule has 7 heteroatoms. The number of aromatic nitrogens is 1. The number of pyridine rings is 1. The number of alkyl carbamates (subject to hydrolysis) is 1. The van der Waals surface area contributed by atoms with E-state index in [1.54, 1.807) is 6.20 Å². The van der Waals surface area contributed by atoms with Gasteiger partial charge in [0.15, 0.2) is 0 Å². The quantitative estimate of drug-likeness (QED) is 0.650. The van der Waals surface area contributed by atoms with Crippen molar-refractivity contribution in [1.29, 1.82) is 0 Å². The molecule has 2 N–H and O–H groups in total. The molecule has 1 fully saturated rings. The highest BCUT2D eigenvalue weighted by atomic mass is 16.5. The van der Waals surface area contributed by atoms with E-state index in [4.69, 9.17) is 4.74 Å². The van der Waals surface area contributed by atoms with Crippen LogP contribution in [-0.4, -0.2) is 36.1 Å². The first-order valence-electron chi connectivity index (χ1n) is 11.5. The van der Waals surface area contributed by atoms with Crippen LogP contribution in [0.4, 0.5) is 10.6 Å². The van der Waals surface area contributed by atoms with Gasteiger partial charge in [0.1, 0.15) is 18.5 Å². The number of carbonyl (C=O) groups is 2. The van der Waals surface area contributed by atoms with E-state index in [2.05, 4.69) is 20.5 Å². The Balaban J connectivity index is 1.52. The van der Waals surface area contributed by atoms with Gasteiger partial charge < -0.3 is 20.3 Å². The average Bonchev–Trinajstić information content (AvgIpc) is 3.10. The number of nitrogens with zero attached hydrogens (tertiary/aromatic N) is 2. The molecular formula is C25H34N4O3. The molecule has 1 saturated heterocycles. The smallest absolute Gasteiger partial charge is 0.408 e. The molecule has 1 aromatic carbocycles. The zero-order chi connectivity index (χ0) is 22.8. The second-order valence-electron chi connectivity index (χ2n) is 8.57. The second-order valence-corrected chi connectivity index (χ2v) is 8.57. The van der Waals surface area contributed by atoms with E-state index in [1.807, 2.05) is 56.3 Å². The van der Waals surface area contributed by atoms with Gasteiger partial charge in [-0.15, -0.1) is 0 Å². The fourth-order valence-electron chi connectivity index (χ4n) is 3.77. The SMILES string of the molecule is CC(C)[C@H](NC(=O)OCc1ccccc1)C(=O)NCc1ccnc(N2CCCCCC2)c1. The van der Waals surface area contributed by atoms with Crippen LogP contribution in [0.1, 0.15) is 50.7 Å². The van der Waals surface area contributed by atoms with Gasteiger partial charge in [0.25, 0.3) is 0 Å². The summed E-state index contributed by atoms with van der Waals surface area (Å²) >= 11 is 0. The molecule has 3 rings (SSSR count). The topological polar surface area (TPSA) is 83.6 Å². The highest BCUT2D eigenvalue weighted by molar-refractivity contribution is 5.85. The third-order valence-corrected chi connectivity index (χ3v) is 5.64. The summed E-state index contributed by atoms with van der Waals surface area (Å²) in [6.07, 6.45) is 6.10. The Morgan fingerprint density at radius 3 is 2.44 bits per heavy atom. The third kappa shape index (κ3) is 7.25. The Labute approximate surface area is 190 Å². The largest absolute Gasteiger partial charge is 0.445 e. The molecule has 0 spiro atoms. The number of benzene rings is 1. The van der Waals surface area contributed by atoms with Crippen LogP contribution in [0.5, 0.6) is 0 Å². The summed E-state index contributed by atoms with van der Waals surface area (Å²) < 4.78 is 5.27. The molecular weight excluding hydrogens is 404 g/mol. The third-order valence-electron chi connectivity index (χ3n) is 5.64. The number of anilines is 1.